The van der Waals surface area contributed by atoms with Gasteiger partial charge in [-0.05, 0) is 7.05 Å². The Morgan fingerprint density at radius 2 is 2.00 bits per heavy atom. The summed E-state index contributed by atoms with van der Waals surface area (Å²) in [6.45, 7) is 0.133. The minimum atomic E-state index is -0.450. The molecule has 0 rings (SSSR count). The molecule has 2 N–H and O–H groups in total. The molecular formula is C6H12N2O3. The van der Waals surface area contributed by atoms with E-state index in [1.807, 2.05) is 0 Å². The van der Waals surface area contributed by atoms with Crippen molar-refractivity contribution in [2.75, 3.05) is 27.2 Å². The number of hydrogen-bond donors (Lipinski definition) is 2. The minimum absolute atomic E-state index is 0.0724. The van der Waals surface area contributed by atoms with Crippen LogP contribution in [-0.2, 0) is 14.3 Å². The highest BCUT2D eigenvalue weighted by Crippen LogP contribution is 1.69. The second kappa shape index (κ2) is 5.67. The Bertz CT molecular complexity index is 147. The summed E-state index contributed by atoms with van der Waals surface area (Å²) in [5.74, 6) is -0.674. The van der Waals surface area contributed by atoms with Crippen LogP contribution in [0.4, 0.5) is 0 Å². The summed E-state index contributed by atoms with van der Waals surface area (Å²) >= 11 is 0. The monoisotopic (exact) mass is 160 g/mol. The number of hydrogen-bond acceptors (Lipinski definition) is 4. The number of amides is 1. The lowest BCUT2D eigenvalue weighted by atomic mass is 10.5. The van der Waals surface area contributed by atoms with Gasteiger partial charge in [-0.2, -0.15) is 0 Å². The number of methoxy groups -OCH3 is 1. The zero-order valence-electron chi connectivity index (χ0n) is 6.64. The zero-order chi connectivity index (χ0) is 8.69. The first-order chi connectivity index (χ1) is 5.20. The van der Waals surface area contributed by atoms with Crippen molar-refractivity contribution in [3.8, 4) is 0 Å². The molecule has 0 unspecified atom stereocenters. The molecule has 0 aliphatic carbocycles. The molecule has 5 heteroatoms. The first-order valence-electron chi connectivity index (χ1n) is 3.18. The number of ether oxygens (including phenoxy) is 1. The van der Waals surface area contributed by atoms with Crippen LogP contribution in [-0.4, -0.2) is 39.1 Å². The molecule has 0 aliphatic rings. The highest BCUT2D eigenvalue weighted by atomic mass is 16.5. The van der Waals surface area contributed by atoms with Crippen molar-refractivity contribution in [3.63, 3.8) is 0 Å². The lowest BCUT2D eigenvalue weighted by Crippen LogP contribution is -2.35. The Morgan fingerprint density at radius 3 is 2.45 bits per heavy atom. The van der Waals surface area contributed by atoms with Gasteiger partial charge in [-0.25, -0.2) is 0 Å². The van der Waals surface area contributed by atoms with Crippen molar-refractivity contribution in [3.05, 3.63) is 0 Å². The molecule has 0 radical (unpaired) electrons. The van der Waals surface area contributed by atoms with Gasteiger partial charge in [0, 0.05) is 0 Å². The molecule has 0 spiro atoms. The van der Waals surface area contributed by atoms with E-state index in [1.54, 1.807) is 7.05 Å². The molecule has 64 valence electrons. The molecule has 0 atom stereocenters. The average Bonchev–Trinajstić information content (AvgIpc) is 2.01. The van der Waals surface area contributed by atoms with Crippen molar-refractivity contribution in [2.45, 2.75) is 0 Å². The number of likely N-dealkylation sites (N-methyl/N-ethyl adjacent to an activating group) is 1. The van der Waals surface area contributed by atoms with Crippen LogP contribution < -0.4 is 10.6 Å². The fraction of sp³-hybridized carbons (Fsp3) is 0.667. The quantitative estimate of drug-likeness (QED) is 0.491. The minimum Gasteiger partial charge on any atom is -0.468 e. The van der Waals surface area contributed by atoms with Gasteiger partial charge in [-0.1, -0.05) is 0 Å². The van der Waals surface area contributed by atoms with Crippen LogP contribution in [0.5, 0.6) is 0 Å². The Balaban J connectivity index is 3.38. The fourth-order valence-electron chi connectivity index (χ4n) is 0.466. The van der Waals surface area contributed by atoms with Crippen LogP contribution in [0.25, 0.3) is 0 Å². The second-order valence-electron chi connectivity index (χ2n) is 1.88. The maximum atomic E-state index is 10.7. The summed E-state index contributed by atoms with van der Waals surface area (Å²) in [6, 6.07) is 0. The lowest BCUT2D eigenvalue weighted by Gasteiger charge is -2.01. The van der Waals surface area contributed by atoms with Gasteiger partial charge in [0.05, 0.1) is 13.7 Å². The van der Waals surface area contributed by atoms with Gasteiger partial charge < -0.3 is 15.4 Å². The second-order valence-corrected chi connectivity index (χ2v) is 1.88. The Hall–Kier alpha value is -1.10. The fourth-order valence-corrected chi connectivity index (χ4v) is 0.466. The first-order valence-corrected chi connectivity index (χ1v) is 3.18. The molecule has 0 aliphatic heterocycles. The Labute approximate surface area is 65.1 Å². The third-order valence-corrected chi connectivity index (χ3v) is 0.995. The van der Waals surface area contributed by atoms with E-state index >= 15 is 0 Å². The summed E-state index contributed by atoms with van der Waals surface area (Å²) in [5.41, 5.74) is 0. The van der Waals surface area contributed by atoms with E-state index in [4.69, 9.17) is 0 Å². The normalized spacial score (nSPS) is 8.91. The first kappa shape index (κ1) is 9.90. The van der Waals surface area contributed by atoms with Gasteiger partial charge in [-0.15, -0.1) is 0 Å². The molecule has 0 aromatic heterocycles. The number of carbonyl (C=O) groups is 2. The average molecular weight is 160 g/mol. The van der Waals surface area contributed by atoms with Crippen LogP contribution in [0, 0.1) is 0 Å². The van der Waals surface area contributed by atoms with Crippen LogP contribution in [0.15, 0.2) is 0 Å². The van der Waals surface area contributed by atoms with E-state index in [2.05, 4.69) is 15.4 Å². The highest BCUT2D eigenvalue weighted by molar-refractivity contribution is 5.82. The molecule has 0 saturated heterocycles. The molecule has 11 heavy (non-hydrogen) atoms. The van der Waals surface area contributed by atoms with Crippen molar-refractivity contribution in [1.82, 2.24) is 10.6 Å². The van der Waals surface area contributed by atoms with E-state index in [9.17, 15) is 9.59 Å². The SMILES string of the molecule is CNCC(=O)NCC(=O)OC. The van der Waals surface area contributed by atoms with E-state index in [1.165, 1.54) is 7.11 Å². The third-order valence-electron chi connectivity index (χ3n) is 0.995. The summed E-state index contributed by atoms with van der Waals surface area (Å²) in [7, 11) is 2.92. The largest absolute Gasteiger partial charge is 0.468 e. The van der Waals surface area contributed by atoms with Gasteiger partial charge in [0.15, 0.2) is 0 Å². The smallest absolute Gasteiger partial charge is 0.325 e. The number of rotatable bonds is 4. The molecule has 0 saturated carbocycles. The number of esters is 1. The number of carbonyl (C=O) groups excluding carboxylic acids is 2. The predicted octanol–water partition coefficient (Wildman–Crippen LogP) is -1.50. The van der Waals surface area contributed by atoms with E-state index < -0.39 is 5.97 Å². The number of nitrogens with one attached hydrogen (secondary N) is 2. The van der Waals surface area contributed by atoms with Gasteiger partial charge in [-0.3, -0.25) is 9.59 Å². The molecular weight excluding hydrogens is 148 g/mol. The van der Waals surface area contributed by atoms with Crippen molar-refractivity contribution in [2.24, 2.45) is 0 Å². The van der Waals surface area contributed by atoms with Crippen molar-refractivity contribution >= 4 is 11.9 Å². The van der Waals surface area contributed by atoms with Crippen LogP contribution in [0.1, 0.15) is 0 Å². The summed E-state index contributed by atoms with van der Waals surface area (Å²) < 4.78 is 4.30. The zero-order valence-corrected chi connectivity index (χ0v) is 6.64. The van der Waals surface area contributed by atoms with Crippen molar-refractivity contribution in [1.29, 1.82) is 0 Å². The van der Waals surface area contributed by atoms with Gasteiger partial charge in [0.2, 0.25) is 5.91 Å². The molecule has 5 nitrogen and oxygen atoms in total. The lowest BCUT2D eigenvalue weighted by molar-refractivity contribution is -0.141. The molecule has 0 bridgehead atoms. The van der Waals surface area contributed by atoms with E-state index in [0.717, 1.165) is 0 Å². The van der Waals surface area contributed by atoms with Crippen molar-refractivity contribution < 1.29 is 14.3 Å². The molecule has 1 amide bonds. The highest BCUT2D eigenvalue weighted by Gasteiger charge is 2.02. The summed E-state index contributed by atoms with van der Waals surface area (Å²) in [5, 5.41) is 5.00. The molecule has 0 fully saturated rings. The Morgan fingerprint density at radius 1 is 1.36 bits per heavy atom. The standard InChI is InChI=1S/C6H12N2O3/c1-7-3-5(9)8-4-6(10)11-2/h7H,3-4H2,1-2H3,(H,8,9). The maximum absolute atomic E-state index is 10.7. The molecule has 0 aromatic carbocycles. The maximum Gasteiger partial charge on any atom is 0.325 e. The summed E-state index contributed by atoms with van der Waals surface area (Å²) in [4.78, 5) is 21.1. The Kier molecular flexibility index (Phi) is 5.10. The van der Waals surface area contributed by atoms with Gasteiger partial charge in [0.25, 0.3) is 0 Å². The van der Waals surface area contributed by atoms with Gasteiger partial charge in [0.1, 0.15) is 6.54 Å². The van der Waals surface area contributed by atoms with E-state index in [-0.39, 0.29) is 19.0 Å². The predicted molar refractivity (Wildman–Crippen MR) is 39.0 cm³/mol. The third kappa shape index (κ3) is 5.35. The summed E-state index contributed by atoms with van der Waals surface area (Å²) in [6.07, 6.45) is 0. The van der Waals surface area contributed by atoms with Crippen LogP contribution in [0.3, 0.4) is 0 Å². The van der Waals surface area contributed by atoms with Crippen LogP contribution >= 0.6 is 0 Å². The van der Waals surface area contributed by atoms with E-state index in [0.29, 0.717) is 0 Å². The topological polar surface area (TPSA) is 67.4 Å². The van der Waals surface area contributed by atoms with Gasteiger partial charge >= 0.3 is 5.97 Å². The van der Waals surface area contributed by atoms with Crippen LogP contribution in [0.2, 0.25) is 0 Å². The molecule has 0 heterocycles. The molecule has 0 aromatic rings.